The van der Waals surface area contributed by atoms with Crippen LogP contribution in [0.3, 0.4) is 0 Å². The molecule has 2 aromatic carbocycles. The lowest BCUT2D eigenvalue weighted by molar-refractivity contribution is -0.0300. The van der Waals surface area contributed by atoms with Crippen LogP contribution >= 0.6 is 0 Å². The fraction of sp³-hybridized carbons (Fsp3) is 0.480. The van der Waals surface area contributed by atoms with E-state index in [1.165, 1.54) is 22.4 Å². The molecule has 1 fully saturated rings. The van der Waals surface area contributed by atoms with E-state index < -0.39 is 0 Å². The number of hydrogen-bond acceptors (Lipinski definition) is 5. The minimum absolute atomic E-state index is 0.226. The summed E-state index contributed by atoms with van der Waals surface area (Å²) in [4.78, 5) is 4.73. The summed E-state index contributed by atoms with van der Waals surface area (Å²) < 4.78 is 5.98. The van der Waals surface area contributed by atoms with Gasteiger partial charge in [0.25, 0.3) is 0 Å². The fourth-order valence-electron chi connectivity index (χ4n) is 3.99. The van der Waals surface area contributed by atoms with Gasteiger partial charge in [-0.25, -0.2) is 0 Å². The Balaban J connectivity index is 1.47. The van der Waals surface area contributed by atoms with E-state index in [9.17, 15) is 0 Å². The number of anilines is 1. The molecular formula is C25H34N4O. The summed E-state index contributed by atoms with van der Waals surface area (Å²) in [7, 11) is 0. The summed E-state index contributed by atoms with van der Waals surface area (Å²) in [5, 5.41) is 12.4. The van der Waals surface area contributed by atoms with Gasteiger partial charge in [-0.3, -0.25) is 4.90 Å². The first-order valence-corrected chi connectivity index (χ1v) is 11.0. The van der Waals surface area contributed by atoms with E-state index in [-0.39, 0.29) is 6.10 Å². The topological polar surface area (TPSA) is 51.5 Å². The molecule has 5 nitrogen and oxygen atoms in total. The Hall–Kier alpha value is -2.39. The molecule has 30 heavy (non-hydrogen) atoms. The molecule has 2 aromatic rings. The average molecular weight is 407 g/mol. The monoisotopic (exact) mass is 406 g/mol. The Morgan fingerprint density at radius 2 is 2.07 bits per heavy atom. The van der Waals surface area contributed by atoms with Crippen LogP contribution in [0.5, 0.6) is 0 Å². The molecule has 1 atom stereocenters. The van der Waals surface area contributed by atoms with Crippen LogP contribution in [-0.2, 0) is 17.8 Å². The second kappa shape index (κ2) is 11.7. The molecule has 0 bridgehead atoms. The molecule has 160 valence electrons. The Morgan fingerprint density at radius 3 is 2.80 bits per heavy atom. The number of ether oxygens (including phenoxy) is 1. The number of nitriles is 1. The Morgan fingerprint density at radius 1 is 1.23 bits per heavy atom. The van der Waals surface area contributed by atoms with Gasteiger partial charge in [0.2, 0.25) is 0 Å². The average Bonchev–Trinajstić information content (AvgIpc) is 2.77. The van der Waals surface area contributed by atoms with E-state index in [0.717, 1.165) is 52.4 Å². The lowest BCUT2D eigenvalue weighted by atomic mass is 10.1. The van der Waals surface area contributed by atoms with E-state index in [1.54, 1.807) is 0 Å². The van der Waals surface area contributed by atoms with Gasteiger partial charge in [-0.05, 0) is 42.7 Å². The van der Waals surface area contributed by atoms with E-state index in [4.69, 9.17) is 10.00 Å². The third-order valence-electron chi connectivity index (χ3n) is 5.73. The molecule has 1 N–H and O–H groups in total. The fourth-order valence-corrected chi connectivity index (χ4v) is 3.99. The van der Waals surface area contributed by atoms with Gasteiger partial charge in [-0.2, -0.15) is 5.26 Å². The number of hydrogen-bond donors (Lipinski definition) is 1. The zero-order chi connectivity index (χ0) is 21.2. The van der Waals surface area contributed by atoms with Gasteiger partial charge in [0, 0.05) is 51.5 Å². The highest BCUT2D eigenvalue weighted by Crippen LogP contribution is 2.20. The first kappa shape index (κ1) is 22.3. The van der Waals surface area contributed by atoms with Crippen LogP contribution in [0.1, 0.15) is 30.0 Å². The third kappa shape index (κ3) is 6.56. The second-order valence-electron chi connectivity index (χ2n) is 7.94. The molecule has 0 radical (unpaired) electrons. The van der Waals surface area contributed by atoms with Crippen molar-refractivity contribution in [2.45, 2.75) is 39.5 Å². The van der Waals surface area contributed by atoms with Crippen molar-refractivity contribution in [3.8, 4) is 6.07 Å². The van der Waals surface area contributed by atoms with Crippen molar-refractivity contribution in [3.63, 3.8) is 0 Å². The van der Waals surface area contributed by atoms with Gasteiger partial charge in [-0.1, -0.05) is 36.4 Å². The summed E-state index contributed by atoms with van der Waals surface area (Å²) in [6.07, 6.45) is 0.780. The molecule has 1 aliphatic heterocycles. The van der Waals surface area contributed by atoms with Crippen molar-refractivity contribution < 1.29 is 4.74 Å². The predicted molar refractivity (Wildman–Crippen MR) is 122 cm³/mol. The highest BCUT2D eigenvalue weighted by Gasteiger charge is 2.20. The van der Waals surface area contributed by atoms with E-state index >= 15 is 0 Å². The van der Waals surface area contributed by atoms with Gasteiger partial charge >= 0.3 is 0 Å². The van der Waals surface area contributed by atoms with Crippen molar-refractivity contribution in [2.75, 3.05) is 44.2 Å². The first-order chi connectivity index (χ1) is 14.7. The molecule has 3 rings (SSSR count). The van der Waals surface area contributed by atoms with Gasteiger partial charge < -0.3 is 15.0 Å². The summed E-state index contributed by atoms with van der Waals surface area (Å²) >= 11 is 0. The standard InChI is InChI=1S/C25H34N4O/c1-3-29(13-7-12-26)24-11-10-23(21(2)16-24)17-27-18-25-20-28(14-15-30-25)19-22-8-5-4-6-9-22/h4-6,8-11,16,25,27H,3,7,13-15,17-20H2,1-2H3. The molecular weight excluding hydrogens is 372 g/mol. The predicted octanol–water partition coefficient (Wildman–Crippen LogP) is 3.73. The van der Waals surface area contributed by atoms with Crippen LogP contribution in [0, 0.1) is 18.3 Å². The SMILES string of the molecule is CCN(CCC#N)c1ccc(CNCC2CN(Cc3ccccc3)CCO2)c(C)c1. The molecule has 5 heteroatoms. The smallest absolute Gasteiger partial charge is 0.0826 e. The number of morpholine rings is 1. The maximum Gasteiger partial charge on any atom is 0.0826 e. The van der Waals surface area contributed by atoms with Crippen molar-refractivity contribution in [1.29, 1.82) is 5.26 Å². The molecule has 0 aliphatic carbocycles. The summed E-state index contributed by atoms with van der Waals surface area (Å²) in [5.41, 5.74) is 5.15. The molecule has 1 aliphatic rings. The van der Waals surface area contributed by atoms with Gasteiger partial charge in [0.1, 0.15) is 0 Å². The molecule has 0 saturated carbocycles. The van der Waals surface area contributed by atoms with Crippen molar-refractivity contribution in [3.05, 3.63) is 65.2 Å². The van der Waals surface area contributed by atoms with Gasteiger partial charge in [0.15, 0.2) is 0 Å². The zero-order valence-electron chi connectivity index (χ0n) is 18.3. The highest BCUT2D eigenvalue weighted by molar-refractivity contribution is 5.50. The summed E-state index contributed by atoms with van der Waals surface area (Å²) in [6, 6.07) is 19.5. The molecule has 1 unspecified atom stereocenters. The van der Waals surface area contributed by atoms with Crippen LogP contribution in [-0.4, -0.2) is 50.3 Å². The van der Waals surface area contributed by atoms with E-state index in [1.807, 2.05) is 0 Å². The molecule has 1 saturated heterocycles. The van der Waals surface area contributed by atoms with Crippen LogP contribution in [0.25, 0.3) is 0 Å². The Kier molecular flexibility index (Phi) is 8.70. The van der Waals surface area contributed by atoms with Crippen LogP contribution in [0.2, 0.25) is 0 Å². The molecule has 0 spiro atoms. The summed E-state index contributed by atoms with van der Waals surface area (Å²) in [6.45, 7) is 11.4. The number of aryl methyl sites for hydroxylation is 1. The lowest BCUT2D eigenvalue weighted by Crippen LogP contribution is -2.46. The maximum absolute atomic E-state index is 8.85. The molecule has 0 amide bonds. The maximum atomic E-state index is 8.85. The van der Waals surface area contributed by atoms with Crippen LogP contribution in [0.4, 0.5) is 5.69 Å². The minimum atomic E-state index is 0.226. The van der Waals surface area contributed by atoms with Crippen LogP contribution < -0.4 is 10.2 Å². The largest absolute Gasteiger partial charge is 0.374 e. The Labute approximate surface area is 181 Å². The third-order valence-corrected chi connectivity index (χ3v) is 5.73. The lowest BCUT2D eigenvalue weighted by Gasteiger charge is -2.33. The first-order valence-electron chi connectivity index (χ1n) is 11.0. The normalized spacial score (nSPS) is 16.9. The minimum Gasteiger partial charge on any atom is -0.374 e. The number of nitrogens with zero attached hydrogens (tertiary/aromatic N) is 3. The van der Waals surface area contributed by atoms with Crippen molar-refractivity contribution >= 4 is 5.69 Å². The Bertz CT molecular complexity index is 818. The number of rotatable bonds is 10. The number of benzene rings is 2. The van der Waals surface area contributed by atoms with Gasteiger partial charge in [0.05, 0.1) is 25.2 Å². The number of nitrogens with one attached hydrogen (secondary N) is 1. The molecule has 1 heterocycles. The van der Waals surface area contributed by atoms with Crippen molar-refractivity contribution in [1.82, 2.24) is 10.2 Å². The second-order valence-corrected chi connectivity index (χ2v) is 7.94. The quantitative estimate of drug-likeness (QED) is 0.652. The van der Waals surface area contributed by atoms with Gasteiger partial charge in [-0.15, -0.1) is 0 Å². The van der Waals surface area contributed by atoms with Crippen molar-refractivity contribution in [2.24, 2.45) is 0 Å². The molecule has 0 aromatic heterocycles. The summed E-state index contributed by atoms with van der Waals surface area (Å²) in [5.74, 6) is 0. The van der Waals surface area contributed by atoms with E-state index in [2.05, 4.69) is 83.6 Å². The highest BCUT2D eigenvalue weighted by atomic mass is 16.5. The zero-order valence-corrected chi connectivity index (χ0v) is 18.3. The van der Waals surface area contributed by atoms with E-state index in [0.29, 0.717) is 6.42 Å². The van der Waals surface area contributed by atoms with Crippen LogP contribution in [0.15, 0.2) is 48.5 Å².